The summed E-state index contributed by atoms with van der Waals surface area (Å²) < 4.78 is 12.3. The lowest BCUT2D eigenvalue weighted by Gasteiger charge is -2.35. The maximum absolute atomic E-state index is 13.2. The number of ether oxygens (including phenoxy) is 1. The van der Waals surface area contributed by atoms with Crippen LogP contribution in [0.15, 0.2) is 53.3 Å². The third-order valence-corrected chi connectivity index (χ3v) is 6.41. The van der Waals surface area contributed by atoms with E-state index in [-0.39, 0.29) is 18.6 Å². The molecule has 0 N–H and O–H groups in total. The third kappa shape index (κ3) is 4.16. The number of aromatic nitrogens is 3. The Labute approximate surface area is 183 Å². The predicted molar refractivity (Wildman–Crippen MR) is 117 cm³/mol. The molecule has 0 aliphatic carbocycles. The van der Waals surface area contributed by atoms with Crippen molar-refractivity contribution in [2.75, 3.05) is 6.54 Å². The van der Waals surface area contributed by atoms with Gasteiger partial charge in [0, 0.05) is 31.1 Å². The van der Waals surface area contributed by atoms with E-state index < -0.39 is 0 Å². The zero-order valence-corrected chi connectivity index (χ0v) is 18.0. The minimum Gasteiger partial charge on any atom is -0.485 e. The summed E-state index contributed by atoms with van der Waals surface area (Å²) in [5, 5.41) is 5.03. The summed E-state index contributed by atoms with van der Waals surface area (Å²) in [5.41, 5.74) is 2.27. The molecule has 0 bridgehead atoms. The van der Waals surface area contributed by atoms with Gasteiger partial charge in [-0.3, -0.25) is 9.78 Å². The molecule has 158 valence electrons. The highest BCUT2D eigenvalue weighted by Gasteiger charge is 2.30. The van der Waals surface area contributed by atoms with Crippen LogP contribution in [0.2, 0.25) is 0 Å². The molecular weight excluding hydrogens is 412 g/mol. The number of hydrogen-bond acceptors (Lipinski definition) is 7. The summed E-state index contributed by atoms with van der Waals surface area (Å²) in [7, 11) is 0. The van der Waals surface area contributed by atoms with Gasteiger partial charge in [0.15, 0.2) is 11.5 Å². The zero-order valence-electron chi connectivity index (χ0n) is 17.2. The minimum absolute atomic E-state index is 0.0136. The highest BCUT2D eigenvalue weighted by Crippen LogP contribution is 2.32. The molecule has 0 radical (unpaired) electrons. The van der Waals surface area contributed by atoms with Crippen LogP contribution < -0.4 is 4.74 Å². The van der Waals surface area contributed by atoms with E-state index in [2.05, 4.69) is 15.1 Å². The van der Waals surface area contributed by atoms with Crippen LogP contribution >= 0.6 is 11.3 Å². The fourth-order valence-corrected chi connectivity index (χ4v) is 4.80. The first kappa shape index (κ1) is 19.7. The number of carbonyl (C=O) groups excluding carboxylic acids is 1. The minimum atomic E-state index is -0.122. The fourth-order valence-electron chi connectivity index (χ4n) is 3.99. The Morgan fingerprint density at radius 1 is 1.29 bits per heavy atom. The quantitative estimate of drug-likeness (QED) is 0.443. The first-order valence-corrected chi connectivity index (χ1v) is 11.2. The number of pyridine rings is 1. The standard InChI is InChI=1S/C23H22N4O3S/c1-15-25-19-11-17(7-8-22(19)31-15)29-14-18-12-20(26-30-18)23(28)27-10-3-2-6-21(27)16-5-4-9-24-13-16/h4-5,7-9,11-13,21H,2-3,6,10,14H2,1H3. The zero-order chi connectivity index (χ0) is 21.2. The van der Waals surface area contributed by atoms with Gasteiger partial charge < -0.3 is 14.2 Å². The van der Waals surface area contributed by atoms with Crippen molar-refractivity contribution >= 4 is 27.5 Å². The molecule has 1 saturated heterocycles. The van der Waals surface area contributed by atoms with Crippen molar-refractivity contribution in [2.24, 2.45) is 0 Å². The molecule has 0 spiro atoms. The van der Waals surface area contributed by atoms with E-state index >= 15 is 0 Å². The van der Waals surface area contributed by atoms with Gasteiger partial charge in [-0.25, -0.2) is 4.98 Å². The predicted octanol–water partition coefficient (Wildman–Crippen LogP) is 4.93. The first-order valence-electron chi connectivity index (χ1n) is 10.3. The number of likely N-dealkylation sites (tertiary alicyclic amines) is 1. The highest BCUT2D eigenvalue weighted by atomic mass is 32.1. The van der Waals surface area contributed by atoms with Crippen molar-refractivity contribution in [2.45, 2.75) is 38.8 Å². The number of carbonyl (C=O) groups is 1. The van der Waals surface area contributed by atoms with Crippen molar-refractivity contribution in [1.82, 2.24) is 20.0 Å². The van der Waals surface area contributed by atoms with E-state index in [1.165, 1.54) is 0 Å². The topological polar surface area (TPSA) is 81.4 Å². The summed E-state index contributed by atoms with van der Waals surface area (Å²) in [5.74, 6) is 1.09. The van der Waals surface area contributed by atoms with Crippen LogP contribution in [0.4, 0.5) is 0 Å². The van der Waals surface area contributed by atoms with Crippen LogP contribution in [-0.2, 0) is 6.61 Å². The Bertz CT molecular complexity index is 1200. The number of fused-ring (bicyclic) bond motifs is 1. The van der Waals surface area contributed by atoms with E-state index in [1.54, 1.807) is 23.6 Å². The van der Waals surface area contributed by atoms with Crippen molar-refractivity contribution in [1.29, 1.82) is 0 Å². The van der Waals surface area contributed by atoms with Gasteiger partial charge in [-0.2, -0.15) is 0 Å². The van der Waals surface area contributed by atoms with Gasteiger partial charge in [-0.1, -0.05) is 11.2 Å². The number of piperidine rings is 1. The average Bonchev–Trinajstić information content (AvgIpc) is 3.43. The highest BCUT2D eigenvalue weighted by molar-refractivity contribution is 7.18. The Morgan fingerprint density at radius 2 is 2.23 bits per heavy atom. The summed E-state index contributed by atoms with van der Waals surface area (Å²) in [6.45, 7) is 2.88. The number of benzene rings is 1. The molecule has 31 heavy (non-hydrogen) atoms. The molecule has 3 aromatic heterocycles. The molecule has 1 aromatic carbocycles. The van der Waals surface area contributed by atoms with Crippen molar-refractivity contribution in [3.63, 3.8) is 0 Å². The summed E-state index contributed by atoms with van der Waals surface area (Å²) in [6, 6.07) is 11.4. The summed E-state index contributed by atoms with van der Waals surface area (Å²) in [4.78, 5) is 23.7. The first-order chi connectivity index (χ1) is 15.2. The molecule has 1 unspecified atom stereocenters. The number of rotatable bonds is 5. The molecule has 8 heteroatoms. The molecule has 1 aliphatic heterocycles. The maximum atomic E-state index is 13.2. The average molecular weight is 435 g/mol. The normalized spacial score (nSPS) is 16.5. The van der Waals surface area contributed by atoms with E-state index in [1.807, 2.05) is 48.4 Å². The van der Waals surface area contributed by atoms with Gasteiger partial charge in [0.2, 0.25) is 0 Å². The van der Waals surface area contributed by atoms with E-state index in [0.717, 1.165) is 40.1 Å². The van der Waals surface area contributed by atoms with Crippen LogP contribution in [0.1, 0.15) is 52.1 Å². The van der Waals surface area contributed by atoms with Crippen molar-refractivity contribution < 1.29 is 14.1 Å². The van der Waals surface area contributed by atoms with Gasteiger partial charge in [0.05, 0.1) is 21.3 Å². The molecule has 7 nitrogen and oxygen atoms in total. The number of aryl methyl sites for hydroxylation is 1. The molecule has 1 amide bonds. The molecule has 1 fully saturated rings. The molecule has 1 atom stereocenters. The lowest BCUT2D eigenvalue weighted by Crippen LogP contribution is -2.38. The van der Waals surface area contributed by atoms with Crippen LogP contribution in [0.5, 0.6) is 5.75 Å². The second-order valence-corrected chi connectivity index (χ2v) is 8.86. The Hall–Kier alpha value is -3.26. The van der Waals surface area contributed by atoms with E-state index in [9.17, 15) is 4.79 Å². The lowest BCUT2D eigenvalue weighted by molar-refractivity contribution is 0.0600. The van der Waals surface area contributed by atoms with Crippen LogP contribution in [0, 0.1) is 6.92 Å². The summed E-state index contributed by atoms with van der Waals surface area (Å²) in [6.07, 6.45) is 6.57. The van der Waals surface area contributed by atoms with Crippen LogP contribution in [0.3, 0.4) is 0 Å². The monoisotopic (exact) mass is 434 g/mol. The second kappa shape index (κ2) is 8.47. The Balaban J connectivity index is 1.28. The van der Waals surface area contributed by atoms with E-state index in [4.69, 9.17) is 9.26 Å². The molecule has 0 saturated carbocycles. The summed E-state index contributed by atoms with van der Waals surface area (Å²) >= 11 is 1.65. The second-order valence-electron chi connectivity index (χ2n) is 7.63. The largest absolute Gasteiger partial charge is 0.485 e. The van der Waals surface area contributed by atoms with Gasteiger partial charge in [0.1, 0.15) is 12.4 Å². The smallest absolute Gasteiger partial charge is 0.276 e. The SMILES string of the molecule is Cc1nc2cc(OCc3cc(C(=O)N4CCCCC4c4cccnc4)no3)ccc2s1. The molecule has 4 heterocycles. The maximum Gasteiger partial charge on any atom is 0.276 e. The molecule has 1 aliphatic rings. The Morgan fingerprint density at radius 3 is 3.10 bits per heavy atom. The van der Waals surface area contributed by atoms with Gasteiger partial charge in [-0.15, -0.1) is 11.3 Å². The molecular formula is C23H22N4O3S. The van der Waals surface area contributed by atoms with Gasteiger partial charge in [0.25, 0.3) is 5.91 Å². The number of amides is 1. The van der Waals surface area contributed by atoms with Crippen LogP contribution in [0.25, 0.3) is 10.2 Å². The fraction of sp³-hybridized carbons (Fsp3) is 0.304. The van der Waals surface area contributed by atoms with Crippen LogP contribution in [-0.4, -0.2) is 32.5 Å². The molecule has 5 rings (SSSR count). The molecule has 4 aromatic rings. The number of thiazole rings is 1. The van der Waals surface area contributed by atoms with Gasteiger partial charge in [-0.05, 0) is 49.9 Å². The Kier molecular flexibility index (Phi) is 5.38. The number of nitrogens with zero attached hydrogens (tertiary/aromatic N) is 4. The van der Waals surface area contributed by atoms with Crippen molar-refractivity contribution in [3.05, 3.63) is 70.8 Å². The van der Waals surface area contributed by atoms with E-state index in [0.29, 0.717) is 23.7 Å². The number of hydrogen-bond donors (Lipinski definition) is 0. The third-order valence-electron chi connectivity index (χ3n) is 5.46. The van der Waals surface area contributed by atoms with Gasteiger partial charge >= 0.3 is 0 Å². The van der Waals surface area contributed by atoms with Crippen molar-refractivity contribution in [3.8, 4) is 5.75 Å². The lowest BCUT2D eigenvalue weighted by atomic mass is 9.96.